The van der Waals surface area contributed by atoms with Crippen molar-refractivity contribution in [2.24, 2.45) is 0 Å². The van der Waals surface area contributed by atoms with Gasteiger partial charge in [0, 0.05) is 6.07 Å². The van der Waals surface area contributed by atoms with Gasteiger partial charge in [0.25, 0.3) is 0 Å². The lowest BCUT2D eigenvalue weighted by Gasteiger charge is -2.19. The number of aryl methyl sites for hydroxylation is 2. The standard InChI is InChI=1S/C19H23NO6/c1-6-12-9-15(21)24-13-7-11(2)8-14(17(12)13)25-16(22)10-20-18(23)26-19(3,4)5/h7-9H,6,10H2,1-5H3,(H,20,23). The predicted molar refractivity (Wildman–Crippen MR) is 96.5 cm³/mol. The van der Waals surface area contributed by atoms with Crippen LogP contribution in [0.4, 0.5) is 4.79 Å². The van der Waals surface area contributed by atoms with Crippen molar-refractivity contribution >= 4 is 23.0 Å². The Kier molecular flexibility index (Phi) is 5.69. The van der Waals surface area contributed by atoms with Crippen LogP contribution in [0.5, 0.6) is 5.75 Å². The van der Waals surface area contributed by atoms with E-state index < -0.39 is 23.3 Å². The predicted octanol–water partition coefficient (Wildman–Crippen LogP) is 3.09. The normalized spacial score (nSPS) is 11.3. The number of ether oxygens (including phenoxy) is 2. The first-order valence-electron chi connectivity index (χ1n) is 8.34. The molecule has 2 rings (SSSR count). The summed E-state index contributed by atoms with van der Waals surface area (Å²) in [5.74, 6) is -0.368. The Labute approximate surface area is 151 Å². The number of rotatable bonds is 4. The monoisotopic (exact) mass is 361 g/mol. The number of amides is 1. The molecule has 0 bridgehead atoms. The molecule has 0 fully saturated rings. The summed E-state index contributed by atoms with van der Waals surface area (Å²) >= 11 is 0. The Bertz CT molecular complexity index is 891. The van der Waals surface area contributed by atoms with E-state index in [1.54, 1.807) is 39.8 Å². The first kappa shape index (κ1) is 19.5. The van der Waals surface area contributed by atoms with Crippen LogP contribution in [0.25, 0.3) is 11.0 Å². The molecule has 2 aromatic rings. The molecule has 0 unspecified atom stereocenters. The van der Waals surface area contributed by atoms with Crippen molar-refractivity contribution in [1.82, 2.24) is 5.32 Å². The van der Waals surface area contributed by atoms with E-state index in [1.807, 2.05) is 6.92 Å². The highest BCUT2D eigenvalue weighted by Gasteiger charge is 2.18. The second kappa shape index (κ2) is 7.59. The third kappa shape index (κ3) is 5.08. The summed E-state index contributed by atoms with van der Waals surface area (Å²) in [6.45, 7) is 8.53. The molecule has 0 spiro atoms. The summed E-state index contributed by atoms with van der Waals surface area (Å²) in [6, 6.07) is 4.78. The van der Waals surface area contributed by atoms with Crippen molar-refractivity contribution < 1.29 is 23.5 Å². The van der Waals surface area contributed by atoms with Crippen LogP contribution in [0.2, 0.25) is 0 Å². The van der Waals surface area contributed by atoms with Gasteiger partial charge in [0.2, 0.25) is 0 Å². The number of carbonyl (C=O) groups excluding carboxylic acids is 2. The molecule has 0 aliphatic carbocycles. The van der Waals surface area contributed by atoms with Crippen molar-refractivity contribution in [3.05, 3.63) is 39.7 Å². The molecule has 1 aromatic heterocycles. The molecule has 1 amide bonds. The maximum Gasteiger partial charge on any atom is 0.408 e. The van der Waals surface area contributed by atoms with Gasteiger partial charge in [-0.2, -0.15) is 0 Å². The number of nitrogens with one attached hydrogen (secondary N) is 1. The molecule has 7 heteroatoms. The molecule has 0 saturated heterocycles. The average Bonchev–Trinajstić information content (AvgIpc) is 2.49. The van der Waals surface area contributed by atoms with Gasteiger partial charge in [0.15, 0.2) is 0 Å². The van der Waals surface area contributed by atoms with Gasteiger partial charge >= 0.3 is 17.7 Å². The van der Waals surface area contributed by atoms with Gasteiger partial charge < -0.3 is 19.2 Å². The van der Waals surface area contributed by atoms with Crippen LogP contribution in [-0.4, -0.2) is 24.2 Å². The number of benzene rings is 1. The highest BCUT2D eigenvalue weighted by atomic mass is 16.6. The van der Waals surface area contributed by atoms with Crippen LogP contribution in [0.3, 0.4) is 0 Å². The second-order valence-electron chi connectivity index (χ2n) is 6.91. The summed E-state index contributed by atoms with van der Waals surface area (Å²) in [6.07, 6.45) is -0.130. The second-order valence-corrected chi connectivity index (χ2v) is 6.91. The van der Waals surface area contributed by atoms with Gasteiger partial charge in [-0.15, -0.1) is 0 Å². The Morgan fingerprint density at radius 3 is 2.50 bits per heavy atom. The van der Waals surface area contributed by atoms with E-state index >= 15 is 0 Å². The zero-order valence-corrected chi connectivity index (χ0v) is 15.6. The minimum Gasteiger partial charge on any atom is -0.444 e. The highest BCUT2D eigenvalue weighted by molar-refractivity contribution is 5.90. The Hall–Kier alpha value is -2.83. The minimum absolute atomic E-state index is 0.289. The maximum atomic E-state index is 12.1. The van der Waals surface area contributed by atoms with Crippen molar-refractivity contribution in [3.8, 4) is 5.75 Å². The van der Waals surface area contributed by atoms with Crippen LogP contribution in [0.1, 0.15) is 38.8 Å². The van der Waals surface area contributed by atoms with Gasteiger partial charge in [0.05, 0.1) is 5.39 Å². The van der Waals surface area contributed by atoms with Crippen LogP contribution < -0.4 is 15.7 Å². The van der Waals surface area contributed by atoms with Gasteiger partial charge in [0.1, 0.15) is 23.5 Å². The molecular formula is C19H23NO6. The molecule has 140 valence electrons. The topological polar surface area (TPSA) is 94.8 Å². The fourth-order valence-electron chi connectivity index (χ4n) is 2.45. The molecule has 7 nitrogen and oxygen atoms in total. The largest absolute Gasteiger partial charge is 0.444 e. The Balaban J connectivity index is 2.21. The molecule has 0 saturated carbocycles. The Morgan fingerprint density at radius 1 is 1.19 bits per heavy atom. The van der Waals surface area contributed by atoms with Gasteiger partial charge in [-0.25, -0.2) is 14.4 Å². The SMILES string of the molecule is CCc1cc(=O)oc2cc(C)cc(OC(=O)CNC(=O)OC(C)(C)C)c12. The summed E-state index contributed by atoms with van der Waals surface area (Å²) in [7, 11) is 0. The molecular weight excluding hydrogens is 338 g/mol. The van der Waals surface area contributed by atoms with E-state index in [-0.39, 0.29) is 12.3 Å². The first-order chi connectivity index (χ1) is 12.1. The molecule has 1 heterocycles. The van der Waals surface area contributed by atoms with Crippen LogP contribution in [0, 0.1) is 6.92 Å². The molecule has 1 N–H and O–H groups in total. The van der Waals surface area contributed by atoms with Crippen molar-refractivity contribution in [2.75, 3.05) is 6.54 Å². The van der Waals surface area contributed by atoms with E-state index in [0.717, 1.165) is 11.1 Å². The quantitative estimate of drug-likeness (QED) is 0.511. The molecule has 0 atom stereocenters. The molecule has 0 radical (unpaired) electrons. The maximum absolute atomic E-state index is 12.1. The lowest BCUT2D eigenvalue weighted by Crippen LogP contribution is -2.36. The summed E-state index contributed by atoms with van der Waals surface area (Å²) in [5, 5.41) is 2.92. The lowest BCUT2D eigenvalue weighted by molar-refractivity contribution is -0.133. The molecule has 0 aliphatic heterocycles. The summed E-state index contributed by atoms with van der Waals surface area (Å²) in [5.41, 5.74) is 0.742. The van der Waals surface area contributed by atoms with Crippen molar-refractivity contribution in [2.45, 2.75) is 46.6 Å². The number of hydrogen-bond acceptors (Lipinski definition) is 6. The van der Waals surface area contributed by atoms with Crippen LogP contribution in [0.15, 0.2) is 27.4 Å². The average molecular weight is 361 g/mol. The fourth-order valence-corrected chi connectivity index (χ4v) is 2.45. The number of alkyl carbamates (subject to hydrolysis) is 1. The number of hydrogen-bond donors (Lipinski definition) is 1. The van der Waals surface area contributed by atoms with E-state index in [2.05, 4.69) is 5.32 Å². The lowest BCUT2D eigenvalue weighted by atomic mass is 10.1. The minimum atomic E-state index is -0.705. The zero-order chi connectivity index (χ0) is 19.5. The van der Waals surface area contributed by atoms with E-state index in [9.17, 15) is 14.4 Å². The first-order valence-corrected chi connectivity index (χ1v) is 8.34. The van der Waals surface area contributed by atoms with Crippen molar-refractivity contribution in [1.29, 1.82) is 0 Å². The van der Waals surface area contributed by atoms with E-state index in [1.165, 1.54) is 6.07 Å². The third-order valence-electron chi connectivity index (χ3n) is 3.41. The molecule has 26 heavy (non-hydrogen) atoms. The number of carbonyl (C=O) groups is 2. The van der Waals surface area contributed by atoms with Gasteiger partial charge in [-0.05, 0) is 57.4 Å². The smallest absolute Gasteiger partial charge is 0.408 e. The number of fused-ring (bicyclic) bond motifs is 1. The van der Waals surface area contributed by atoms with Crippen molar-refractivity contribution in [3.63, 3.8) is 0 Å². The van der Waals surface area contributed by atoms with Gasteiger partial charge in [-0.1, -0.05) is 6.92 Å². The fraction of sp³-hybridized carbons (Fsp3) is 0.421. The van der Waals surface area contributed by atoms with Gasteiger partial charge in [-0.3, -0.25) is 0 Å². The summed E-state index contributed by atoms with van der Waals surface area (Å²) < 4.78 is 15.7. The van der Waals surface area contributed by atoms with Crippen LogP contribution in [-0.2, 0) is 16.0 Å². The number of esters is 1. The summed E-state index contributed by atoms with van der Waals surface area (Å²) in [4.78, 5) is 35.4. The van der Waals surface area contributed by atoms with Crippen LogP contribution >= 0.6 is 0 Å². The zero-order valence-electron chi connectivity index (χ0n) is 15.6. The Morgan fingerprint density at radius 2 is 1.88 bits per heavy atom. The highest BCUT2D eigenvalue weighted by Crippen LogP contribution is 2.30. The molecule has 0 aliphatic rings. The van der Waals surface area contributed by atoms with E-state index in [0.29, 0.717) is 17.4 Å². The third-order valence-corrected chi connectivity index (χ3v) is 3.41. The van der Waals surface area contributed by atoms with E-state index in [4.69, 9.17) is 13.9 Å². The molecule has 1 aromatic carbocycles.